The highest BCUT2D eigenvalue weighted by atomic mass is 16.2. The summed E-state index contributed by atoms with van der Waals surface area (Å²) < 4.78 is 1.75. The van der Waals surface area contributed by atoms with Crippen molar-refractivity contribution in [2.75, 3.05) is 0 Å². The van der Waals surface area contributed by atoms with E-state index < -0.39 is 6.04 Å². The summed E-state index contributed by atoms with van der Waals surface area (Å²) in [4.78, 5) is 54.9. The van der Waals surface area contributed by atoms with E-state index in [2.05, 4.69) is 39.8 Å². The number of ketones is 3. The predicted molar refractivity (Wildman–Crippen MR) is 164 cm³/mol. The first-order valence-corrected chi connectivity index (χ1v) is 16.2. The number of benzene rings is 1. The summed E-state index contributed by atoms with van der Waals surface area (Å²) >= 11 is 0. The monoisotopic (exact) mass is 575 g/mol. The van der Waals surface area contributed by atoms with Gasteiger partial charge in [-0.1, -0.05) is 47.1 Å². The Hall–Kier alpha value is -2.83. The number of amides is 1. The first-order chi connectivity index (χ1) is 19.8. The Balaban J connectivity index is 1.58. The first kappa shape index (κ1) is 30.6. The van der Waals surface area contributed by atoms with E-state index in [1.165, 1.54) is 5.56 Å². The van der Waals surface area contributed by atoms with E-state index >= 15 is 0 Å². The summed E-state index contributed by atoms with van der Waals surface area (Å²) in [6.07, 6.45) is 9.44. The molecule has 0 unspecified atom stereocenters. The van der Waals surface area contributed by atoms with E-state index in [9.17, 15) is 19.2 Å². The predicted octanol–water partition coefficient (Wildman–Crippen LogP) is 6.66. The van der Waals surface area contributed by atoms with Crippen LogP contribution in [0.2, 0.25) is 0 Å². The normalized spacial score (nSPS) is 26.4. The molecule has 1 saturated heterocycles. The molecule has 228 valence electrons. The Bertz CT molecular complexity index is 1400. The van der Waals surface area contributed by atoms with Crippen molar-refractivity contribution in [1.82, 2.24) is 14.7 Å². The molecule has 7 heteroatoms. The topological polar surface area (TPSA) is 89.3 Å². The molecule has 2 bridgehead atoms. The van der Waals surface area contributed by atoms with Crippen LogP contribution in [-0.2, 0) is 33.8 Å². The molecule has 42 heavy (non-hydrogen) atoms. The second-order valence-corrected chi connectivity index (χ2v) is 14.7. The molecule has 1 saturated carbocycles. The third kappa shape index (κ3) is 6.12. The molecule has 3 heterocycles. The lowest BCUT2D eigenvalue weighted by atomic mass is 9.80. The van der Waals surface area contributed by atoms with Gasteiger partial charge in [-0.05, 0) is 85.3 Å². The van der Waals surface area contributed by atoms with Crippen LogP contribution in [0.1, 0.15) is 127 Å². The Morgan fingerprint density at radius 3 is 2.52 bits per heavy atom. The average molecular weight is 576 g/mol. The van der Waals surface area contributed by atoms with Crippen LogP contribution in [-0.4, -0.2) is 50.0 Å². The minimum absolute atomic E-state index is 0.00166. The third-order valence-corrected chi connectivity index (χ3v) is 10.2. The molecule has 2 aromatic rings. The number of Topliss-reactive ketones (excluding diaryl/α,β-unsaturated/α-hetero) is 3. The zero-order valence-electron chi connectivity index (χ0n) is 26.6. The summed E-state index contributed by atoms with van der Waals surface area (Å²) in [5.74, 6) is 0.731. The van der Waals surface area contributed by atoms with Crippen molar-refractivity contribution in [2.24, 2.45) is 16.7 Å². The Morgan fingerprint density at radius 2 is 1.83 bits per heavy atom. The van der Waals surface area contributed by atoms with Crippen LogP contribution in [0, 0.1) is 16.7 Å². The second kappa shape index (κ2) is 11.7. The van der Waals surface area contributed by atoms with Gasteiger partial charge in [-0.15, -0.1) is 0 Å². The van der Waals surface area contributed by atoms with Crippen molar-refractivity contribution in [3.8, 4) is 0 Å². The van der Waals surface area contributed by atoms with Gasteiger partial charge in [-0.2, -0.15) is 5.10 Å². The van der Waals surface area contributed by atoms with Gasteiger partial charge in [-0.3, -0.25) is 23.9 Å². The van der Waals surface area contributed by atoms with E-state index in [1.807, 2.05) is 11.8 Å². The molecular formula is C35H49N3O4. The van der Waals surface area contributed by atoms with E-state index in [0.717, 1.165) is 67.8 Å². The average Bonchev–Trinajstić information content (AvgIpc) is 3.33. The van der Waals surface area contributed by atoms with Crippen molar-refractivity contribution in [3.05, 3.63) is 29.0 Å². The summed E-state index contributed by atoms with van der Waals surface area (Å²) in [7, 11) is 0. The number of rotatable bonds is 6. The fraction of sp³-hybridized carbons (Fsp3) is 0.686. The molecule has 1 amide bonds. The number of hydrogen-bond acceptors (Lipinski definition) is 5. The maximum Gasteiger partial charge on any atom is 0.245 e. The lowest BCUT2D eigenvalue weighted by Crippen LogP contribution is -2.44. The van der Waals surface area contributed by atoms with E-state index in [0.29, 0.717) is 43.1 Å². The van der Waals surface area contributed by atoms with Gasteiger partial charge in [0.15, 0.2) is 11.6 Å². The van der Waals surface area contributed by atoms with Crippen LogP contribution in [0.5, 0.6) is 0 Å². The van der Waals surface area contributed by atoms with Crippen LogP contribution in [0.15, 0.2) is 12.1 Å². The fourth-order valence-electron chi connectivity index (χ4n) is 7.73. The zero-order valence-corrected chi connectivity index (χ0v) is 26.6. The lowest BCUT2D eigenvalue weighted by molar-refractivity contribution is -0.139. The maximum atomic E-state index is 14.1. The molecule has 1 aromatic carbocycles. The van der Waals surface area contributed by atoms with Crippen LogP contribution < -0.4 is 0 Å². The van der Waals surface area contributed by atoms with Gasteiger partial charge in [0.05, 0.1) is 11.6 Å². The van der Waals surface area contributed by atoms with Gasteiger partial charge in [0.2, 0.25) is 5.91 Å². The number of piperidine rings is 1. The molecular weight excluding hydrogens is 526 g/mol. The Labute approximate surface area is 250 Å². The van der Waals surface area contributed by atoms with Crippen molar-refractivity contribution in [1.29, 1.82) is 0 Å². The van der Waals surface area contributed by atoms with Gasteiger partial charge in [-0.25, -0.2) is 0 Å². The smallest absolute Gasteiger partial charge is 0.245 e. The van der Waals surface area contributed by atoms with Crippen molar-refractivity contribution < 1.29 is 19.2 Å². The molecule has 0 radical (unpaired) electrons. The van der Waals surface area contributed by atoms with Crippen molar-refractivity contribution in [2.45, 2.75) is 137 Å². The molecule has 1 aromatic heterocycles. The number of aryl methyl sites for hydroxylation is 2. The van der Waals surface area contributed by atoms with E-state index in [4.69, 9.17) is 5.10 Å². The van der Waals surface area contributed by atoms with E-state index in [-0.39, 0.29) is 40.9 Å². The molecule has 1 aliphatic carbocycles. The standard InChI is InChI=1S/C35H49N3O4/c1-7-29(41)28-19-35-15-13-26(40)18-34(5,6)14-9-8-10-25-16-24(12-11-22(2)3)17-27-32(23(4)39)36-37(33(25)27)21-31(42)38(28)30(35)20-35/h16-17,22,28,30H,7-15,18-21H2,1-6H3/t28-,30+,35-/m0/s1. The molecule has 0 N–H and O–H groups in total. The van der Waals surface area contributed by atoms with Crippen LogP contribution in [0.4, 0.5) is 0 Å². The van der Waals surface area contributed by atoms with Gasteiger partial charge in [0.1, 0.15) is 18.0 Å². The van der Waals surface area contributed by atoms with Gasteiger partial charge in [0.25, 0.3) is 0 Å². The number of carbonyl (C=O) groups excluding carboxylic acids is 4. The van der Waals surface area contributed by atoms with Crippen LogP contribution in [0.3, 0.4) is 0 Å². The van der Waals surface area contributed by atoms with Gasteiger partial charge < -0.3 is 4.90 Å². The minimum atomic E-state index is -0.442. The second-order valence-electron chi connectivity index (χ2n) is 14.7. The molecule has 2 aliphatic heterocycles. The molecule has 3 aliphatic rings. The summed E-state index contributed by atoms with van der Waals surface area (Å²) in [6.45, 7) is 12.2. The highest BCUT2D eigenvalue weighted by Gasteiger charge is 2.66. The minimum Gasteiger partial charge on any atom is -0.327 e. The number of carbonyl (C=O) groups is 4. The summed E-state index contributed by atoms with van der Waals surface area (Å²) in [5.41, 5.74) is 3.42. The largest absolute Gasteiger partial charge is 0.327 e. The van der Waals surface area contributed by atoms with E-state index in [1.54, 1.807) is 11.6 Å². The first-order valence-electron chi connectivity index (χ1n) is 16.2. The molecule has 0 spiro atoms. The quantitative estimate of drug-likeness (QED) is 0.360. The molecule has 7 nitrogen and oxygen atoms in total. The third-order valence-electron chi connectivity index (χ3n) is 10.2. The van der Waals surface area contributed by atoms with Gasteiger partial charge in [0, 0.05) is 37.6 Å². The summed E-state index contributed by atoms with van der Waals surface area (Å²) in [6, 6.07) is 3.92. The van der Waals surface area contributed by atoms with Gasteiger partial charge >= 0.3 is 0 Å². The Morgan fingerprint density at radius 1 is 1.07 bits per heavy atom. The van der Waals surface area contributed by atoms with Crippen LogP contribution in [0.25, 0.3) is 10.9 Å². The Kier molecular flexibility index (Phi) is 8.52. The number of nitrogens with zero attached hydrogens (tertiary/aromatic N) is 3. The van der Waals surface area contributed by atoms with Crippen molar-refractivity contribution >= 4 is 34.2 Å². The highest BCUT2D eigenvalue weighted by molar-refractivity contribution is 6.06. The lowest BCUT2D eigenvalue weighted by Gasteiger charge is -2.27. The zero-order chi connectivity index (χ0) is 30.4. The number of aromatic nitrogens is 2. The SMILES string of the molecule is CCC(=O)[C@@H]1C[C@]23CCC(=O)CC(C)(C)CCCCc4cc(CCC(C)C)cc5c(C(C)=O)nn(c45)CC(=O)N1[C@@H]2C3. The maximum absolute atomic E-state index is 14.1. The number of hydrogen-bond donors (Lipinski definition) is 0. The fourth-order valence-corrected chi connectivity index (χ4v) is 7.73. The molecule has 3 atom stereocenters. The molecule has 5 rings (SSSR count). The molecule has 2 fully saturated rings. The van der Waals surface area contributed by atoms with Crippen molar-refractivity contribution in [3.63, 3.8) is 0 Å². The van der Waals surface area contributed by atoms with Crippen LogP contribution >= 0.6 is 0 Å². The highest BCUT2D eigenvalue weighted by Crippen LogP contribution is 2.62. The summed E-state index contributed by atoms with van der Waals surface area (Å²) in [5, 5.41) is 5.59.